The molecule has 20 heavy (non-hydrogen) atoms. The van der Waals surface area contributed by atoms with E-state index in [4.69, 9.17) is 4.43 Å². The lowest BCUT2D eigenvalue weighted by Crippen LogP contribution is -2.56. The molecule has 114 valence electrons. The molecule has 1 aliphatic heterocycles. The summed E-state index contributed by atoms with van der Waals surface area (Å²) in [6.45, 7) is 15.4. The molecule has 4 heteroatoms. The standard InChI is InChI=1S/C16H29NO2Si/c1-7-16-10-8-12(14(16)17-13(18)9-11-16)19-20(5,6)15(2,3)4/h7,12,14H,1,8-11H2,2-6H3,(H,17,18)/t12-,14-,16-/m1/s1. The zero-order valence-corrected chi connectivity index (χ0v) is 14.6. The molecule has 0 aromatic rings. The monoisotopic (exact) mass is 295 g/mol. The summed E-state index contributed by atoms with van der Waals surface area (Å²) in [7, 11) is -1.80. The van der Waals surface area contributed by atoms with Gasteiger partial charge in [-0.15, -0.1) is 6.58 Å². The molecule has 0 unspecified atom stereocenters. The Hall–Kier alpha value is -0.613. The summed E-state index contributed by atoms with van der Waals surface area (Å²) in [5, 5.41) is 3.38. The first-order valence-corrected chi connectivity index (χ1v) is 10.6. The van der Waals surface area contributed by atoms with Crippen molar-refractivity contribution in [1.82, 2.24) is 5.32 Å². The number of hydrogen-bond donors (Lipinski definition) is 1. The Morgan fingerprint density at radius 3 is 2.60 bits per heavy atom. The van der Waals surface area contributed by atoms with Crippen molar-refractivity contribution < 1.29 is 9.22 Å². The number of amides is 1. The number of nitrogens with one attached hydrogen (secondary N) is 1. The van der Waals surface area contributed by atoms with Gasteiger partial charge in [-0.1, -0.05) is 26.8 Å². The van der Waals surface area contributed by atoms with Crippen LogP contribution < -0.4 is 5.32 Å². The van der Waals surface area contributed by atoms with Crippen molar-refractivity contribution in [2.45, 2.75) is 76.7 Å². The summed E-state index contributed by atoms with van der Waals surface area (Å²) in [5.74, 6) is 0.165. The fourth-order valence-electron chi connectivity index (χ4n) is 3.23. The van der Waals surface area contributed by atoms with Crippen LogP contribution in [0.25, 0.3) is 0 Å². The van der Waals surface area contributed by atoms with Gasteiger partial charge in [-0.25, -0.2) is 0 Å². The second kappa shape index (κ2) is 4.99. The maximum atomic E-state index is 11.8. The van der Waals surface area contributed by atoms with Crippen LogP contribution in [-0.4, -0.2) is 26.4 Å². The van der Waals surface area contributed by atoms with E-state index in [0.29, 0.717) is 6.42 Å². The van der Waals surface area contributed by atoms with Crippen molar-refractivity contribution >= 4 is 14.2 Å². The van der Waals surface area contributed by atoms with E-state index in [1.807, 2.05) is 0 Å². The normalized spacial score (nSPS) is 34.5. The maximum absolute atomic E-state index is 11.8. The molecule has 2 rings (SSSR count). The van der Waals surface area contributed by atoms with E-state index in [1.165, 1.54) is 0 Å². The molecule has 2 aliphatic rings. The second-order valence-electron chi connectivity index (χ2n) is 7.94. The Morgan fingerprint density at radius 2 is 2.05 bits per heavy atom. The van der Waals surface area contributed by atoms with Crippen LogP contribution in [0.2, 0.25) is 18.1 Å². The van der Waals surface area contributed by atoms with Gasteiger partial charge in [0.05, 0.1) is 12.1 Å². The first-order chi connectivity index (χ1) is 9.11. The van der Waals surface area contributed by atoms with E-state index in [-0.39, 0.29) is 28.5 Å². The van der Waals surface area contributed by atoms with Gasteiger partial charge in [-0.05, 0) is 37.4 Å². The third kappa shape index (κ3) is 2.60. The third-order valence-electron chi connectivity index (χ3n) is 5.68. The fourth-order valence-corrected chi connectivity index (χ4v) is 4.59. The SMILES string of the molecule is C=C[C@@]12CCC(=O)N[C@@H]1[C@H](O[Si](C)(C)C(C)(C)C)CC2. The highest BCUT2D eigenvalue weighted by molar-refractivity contribution is 6.74. The molecule has 0 aromatic carbocycles. The smallest absolute Gasteiger partial charge is 0.220 e. The van der Waals surface area contributed by atoms with E-state index < -0.39 is 8.32 Å². The van der Waals surface area contributed by atoms with Crippen molar-refractivity contribution in [3.8, 4) is 0 Å². The summed E-state index contributed by atoms with van der Waals surface area (Å²) >= 11 is 0. The summed E-state index contributed by atoms with van der Waals surface area (Å²) in [4.78, 5) is 11.8. The lowest BCUT2D eigenvalue weighted by atomic mass is 9.75. The lowest BCUT2D eigenvalue weighted by Gasteiger charge is -2.43. The van der Waals surface area contributed by atoms with Crippen LogP contribution in [-0.2, 0) is 9.22 Å². The molecule has 1 saturated heterocycles. The highest BCUT2D eigenvalue weighted by Gasteiger charge is 2.52. The van der Waals surface area contributed by atoms with Crippen molar-refractivity contribution in [3.05, 3.63) is 12.7 Å². The Morgan fingerprint density at radius 1 is 1.40 bits per heavy atom. The van der Waals surface area contributed by atoms with Crippen LogP contribution in [0.15, 0.2) is 12.7 Å². The van der Waals surface area contributed by atoms with Crippen LogP contribution >= 0.6 is 0 Å². The second-order valence-corrected chi connectivity index (χ2v) is 12.7. The van der Waals surface area contributed by atoms with E-state index in [9.17, 15) is 4.79 Å². The van der Waals surface area contributed by atoms with Crippen LogP contribution in [0.1, 0.15) is 46.5 Å². The molecular weight excluding hydrogens is 266 g/mol. The van der Waals surface area contributed by atoms with Gasteiger partial charge >= 0.3 is 0 Å². The Labute approximate surface area is 124 Å². The molecule has 0 bridgehead atoms. The fraction of sp³-hybridized carbons (Fsp3) is 0.812. The molecule has 3 nitrogen and oxygen atoms in total. The van der Waals surface area contributed by atoms with Gasteiger partial charge < -0.3 is 9.74 Å². The highest BCUT2D eigenvalue weighted by atomic mass is 28.4. The average Bonchev–Trinajstić information content (AvgIpc) is 2.67. The lowest BCUT2D eigenvalue weighted by molar-refractivity contribution is -0.126. The topological polar surface area (TPSA) is 38.3 Å². The summed E-state index contributed by atoms with van der Waals surface area (Å²) < 4.78 is 6.58. The van der Waals surface area contributed by atoms with E-state index in [1.54, 1.807) is 0 Å². The quantitative estimate of drug-likeness (QED) is 0.638. The molecule has 0 radical (unpaired) electrons. The third-order valence-corrected chi connectivity index (χ3v) is 10.2. The molecule has 1 N–H and O–H groups in total. The largest absolute Gasteiger partial charge is 0.412 e. The average molecular weight is 295 g/mol. The van der Waals surface area contributed by atoms with E-state index in [2.05, 4.69) is 51.8 Å². The summed E-state index contributed by atoms with van der Waals surface area (Å²) in [6.07, 6.45) is 5.87. The first kappa shape index (κ1) is 15.8. The number of rotatable bonds is 3. The van der Waals surface area contributed by atoms with Crippen LogP contribution in [0.3, 0.4) is 0 Å². The van der Waals surface area contributed by atoms with Crippen molar-refractivity contribution in [2.24, 2.45) is 5.41 Å². The molecule has 1 heterocycles. The molecule has 3 atom stereocenters. The predicted octanol–water partition coefficient (Wildman–Crippen LogP) is 3.62. The molecule has 1 amide bonds. The molecule has 2 fully saturated rings. The van der Waals surface area contributed by atoms with Gasteiger partial charge in [0.2, 0.25) is 5.91 Å². The number of fused-ring (bicyclic) bond motifs is 1. The number of piperidine rings is 1. The molecule has 1 aliphatic carbocycles. The zero-order valence-electron chi connectivity index (χ0n) is 13.6. The number of carbonyl (C=O) groups excluding carboxylic acids is 1. The number of hydrogen-bond acceptors (Lipinski definition) is 2. The molecule has 1 saturated carbocycles. The molecular formula is C16H29NO2Si. The highest BCUT2D eigenvalue weighted by Crippen LogP contribution is 2.48. The summed E-state index contributed by atoms with van der Waals surface area (Å²) in [5.41, 5.74) is 0.0565. The minimum Gasteiger partial charge on any atom is -0.412 e. The zero-order chi connectivity index (χ0) is 15.2. The molecule has 0 spiro atoms. The Kier molecular flexibility index (Phi) is 3.93. The van der Waals surface area contributed by atoms with Crippen molar-refractivity contribution in [3.63, 3.8) is 0 Å². The minimum absolute atomic E-state index is 0.0565. The van der Waals surface area contributed by atoms with Crippen LogP contribution in [0.4, 0.5) is 0 Å². The first-order valence-electron chi connectivity index (χ1n) is 7.72. The Bertz CT molecular complexity index is 413. The summed E-state index contributed by atoms with van der Waals surface area (Å²) in [6, 6.07) is 0.121. The molecule has 0 aromatic heterocycles. The van der Waals surface area contributed by atoms with Gasteiger partial charge in [0.1, 0.15) is 0 Å². The van der Waals surface area contributed by atoms with E-state index in [0.717, 1.165) is 19.3 Å². The van der Waals surface area contributed by atoms with Crippen LogP contribution in [0, 0.1) is 5.41 Å². The van der Waals surface area contributed by atoms with Gasteiger partial charge in [0.25, 0.3) is 0 Å². The number of carbonyl (C=O) groups is 1. The van der Waals surface area contributed by atoms with Gasteiger partial charge in [-0.3, -0.25) is 4.79 Å². The minimum atomic E-state index is -1.80. The maximum Gasteiger partial charge on any atom is 0.220 e. The van der Waals surface area contributed by atoms with Crippen molar-refractivity contribution in [1.29, 1.82) is 0 Å². The van der Waals surface area contributed by atoms with Crippen LogP contribution in [0.5, 0.6) is 0 Å². The predicted molar refractivity (Wildman–Crippen MR) is 85.1 cm³/mol. The van der Waals surface area contributed by atoms with Gasteiger partial charge in [-0.2, -0.15) is 0 Å². The van der Waals surface area contributed by atoms with Crippen molar-refractivity contribution in [2.75, 3.05) is 0 Å². The van der Waals surface area contributed by atoms with E-state index >= 15 is 0 Å². The Balaban J connectivity index is 2.18. The van der Waals surface area contributed by atoms with Gasteiger partial charge in [0.15, 0.2) is 8.32 Å². The van der Waals surface area contributed by atoms with Gasteiger partial charge in [0, 0.05) is 11.8 Å².